The number of rotatable bonds is 4. The van der Waals surface area contributed by atoms with E-state index in [1.807, 2.05) is 4.72 Å². The van der Waals surface area contributed by atoms with Crippen molar-refractivity contribution < 1.29 is 22.3 Å². The number of aryl methyl sites for hydroxylation is 1. The van der Waals surface area contributed by atoms with E-state index >= 15 is 0 Å². The highest BCUT2D eigenvalue weighted by atomic mass is 32.2. The SMILES string of the molecule is Cc1ccc(NS(=O)(=O)c2ccc(CO)cc2F)c(F)c1. The summed E-state index contributed by atoms with van der Waals surface area (Å²) in [4.78, 5) is -0.611. The molecule has 0 saturated carbocycles. The van der Waals surface area contributed by atoms with Crippen LogP contribution in [0.4, 0.5) is 14.5 Å². The van der Waals surface area contributed by atoms with E-state index in [4.69, 9.17) is 5.11 Å². The fourth-order valence-corrected chi connectivity index (χ4v) is 2.89. The van der Waals surface area contributed by atoms with Gasteiger partial charge in [0.25, 0.3) is 10.0 Å². The Kier molecular flexibility index (Phi) is 4.24. The normalized spacial score (nSPS) is 11.4. The Hall–Kier alpha value is -1.99. The van der Waals surface area contributed by atoms with Crippen molar-refractivity contribution in [3.8, 4) is 0 Å². The number of hydrogen-bond acceptors (Lipinski definition) is 3. The van der Waals surface area contributed by atoms with Crippen molar-refractivity contribution in [3.05, 3.63) is 59.2 Å². The lowest BCUT2D eigenvalue weighted by Crippen LogP contribution is -2.15. The van der Waals surface area contributed by atoms with Crippen LogP contribution < -0.4 is 4.72 Å². The molecule has 112 valence electrons. The molecule has 0 amide bonds. The van der Waals surface area contributed by atoms with Crippen LogP contribution in [0.25, 0.3) is 0 Å². The molecule has 0 unspecified atom stereocenters. The third-order valence-electron chi connectivity index (χ3n) is 2.84. The van der Waals surface area contributed by atoms with E-state index in [0.29, 0.717) is 5.56 Å². The van der Waals surface area contributed by atoms with E-state index in [1.54, 1.807) is 6.92 Å². The molecule has 0 aliphatic heterocycles. The molecule has 0 heterocycles. The molecule has 0 bridgehead atoms. The number of halogens is 2. The summed E-state index contributed by atoms with van der Waals surface area (Å²) in [6.45, 7) is 1.26. The maximum atomic E-state index is 13.8. The van der Waals surface area contributed by atoms with Crippen molar-refractivity contribution >= 4 is 15.7 Å². The Morgan fingerprint density at radius 3 is 2.38 bits per heavy atom. The van der Waals surface area contributed by atoms with Crippen LogP contribution in [0, 0.1) is 18.6 Å². The van der Waals surface area contributed by atoms with Crippen LogP contribution in [0.3, 0.4) is 0 Å². The number of aliphatic hydroxyl groups excluding tert-OH is 1. The second kappa shape index (κ2) is 5.79. The fraction of sp³-hybridized carbons (Fsp3) is 0.143. The van der Waals surface area contributed by atoms with Gasteiger partial charge < -0.3 is 5.11 Å². The predicted molar refractivity (Wildman–Crippen MR) is 74.3 cm³/mol. The van der Waals surface area contributed by atoms with Gasteiger partial charge in [-0.05, 0) is 42.3 Å². The van der Waals surface area contributed by atoms with Gasteiger partial charge in [0.2, 0.25) is 0 Å². The highest BCUT2D eigenvalue weighted by molar-refractivity contribution is 7.92. The molecule has 0 atom stereocenters. The van der Waals surface area contributed by atoms with Gasteiger partial charge in [0.1, 0.15) is 16.5 Å². The molecule has 0 radical (unpaired) electrons. The zero-order valence-electron chi connectivity index (χ0n) is 11.1. The minimum Gasteiger partial charge on any atom is -0.392 e. The lowest BCUT2D eigenvalue weighted by molar-refractivity contribution is 0.281. The van der Waals surface area contributed by atoms with Gasteiger partial charge in [0.15, 0.2) is 0 Å². The van der Waals surface area contributed by atoms with Crippen LogP contribution >= 0.6 is 0 Å². The Bertz CT molecular complexity index is 776. The van der Waals surface area contributed by atoms with Crippen molar-refractivity contribution in [2.75, 3.05) is 4.72 Å². The molecule has 2 aromatic carbocycles. The molecular formula is C14H13F2NO3S. The van der Waals surface area contributed by atoms with Gasteiger partial charge in [-0.15, -0.1) is 0 Å². The van der Waals surface area contributed by atoms with E-state index in [1.165, 1.54) is 24.3 Å². The fourth-order valence-electron chi connectivity index (χ4n) is 1.76. The zero-order chi connectivity index (χ0) is 15.6. The Morgan fingerprint density at radius 2 is 1.81 bits per heavy atom. The van der Waals surface area contributed by atoms with Crippen molar-refractivity contribution in [2.45, 2.75) is 18.4 Å². The van der Waals surface area contributed by atoms with Crippen molar-refractivity contribution in [1.29, 1.82) is 0 Å². The molecule has 0 aliphatic rings. The summed E-state index contributed by atoms with van der Waals surface area (Å²) < 4.78 is 53.6. The minimum atomic E-state index is -4.25. The van der Waals surface area contributed by atoms with Crippen molar-refractivity contribution in [1.82, 2.24) is 0 Å². The summed E-state index contributed by atoms with van der Waals surface area (Å²) in [5.41, 5.74) is 0.619. The lowest BCUT2D eigenvalue weighted by Gasteiger charge is -2.10. The quantitative estimate of drug-likeness (QED) is 0.911. The summed E-state index contributed by atoms with van der Waals surface area (Å²) in [6.07, 6.45) is 0. The second-order valence-corrected chi connectivity index (χ2v) is 6.16. The Labute approximate surface area is 121 Å². The van der Waals surface area contributed by atoms with Gasteiger partial charge in [-0.3, -0.25) is 4.72 Å². The molecule has 0 aliphatic carbocycles. The molecule has 0 fully saturated rings. The number of aliphatic hydroxyl groups is 1. The summed E-state index contributed by atoms with van der Waals surface area (Å²) >= 11 is 0. The molecule has 7 heteroatoms. The number of hydrogen-bond donors (Lipinski definition) is 2. The Balaban J connectivity index is 2.38. The minimum absolute atomic E-state index is 0.243. The summed E-state index contributed by atoms with van der Waals surface area (Å²) in [6, 6.07) is 7.19. The van der Waals surface area contributed by atoms with Crippen molar-refractivity contribution in [3.63, 3.8) is 0 Å². The third kappa shape index (κ3) is 3.37. The van der Waals surface area contributed by atoms with Gasteiger partial charge >= 0.3 is 0 Å². The molecular weight excluding hydrogens is 300 g/mol. The molecule has 2 N–H and O–H groups in total. The van der Waals surface area contributed by atoms with Crippen LogP contribution in [-0.2, 0) is 16.6 Å². The first-order valence-corrected chi connectivity index (χ1v) is 7.50. The summed E-state index contributed by atoms with van der Waals surface area (Å²) in [7, 11) is -4.25. The summed E-state index contributed by atoms with van der Waals surface area (Å²) in [5, 5.41) is 8.87. The van der Waals surface area contributed by atoms with Gasteiger partial charge in [-0.25, -0.2) is 17.2 Å². The number of benzene rings is 2. The topological polar surface area (TPSA) is 66.4 Å². The molecule has 0 aromatic heterocycles. The monoisotopic (exact) mass is 313 g/mol. The molecule has 4 nitrogen and oxygen atoms in total. The van der Waals surface area contributed by atoms with E-state index < -0.39 is 33.2 Å². The molecule has 21 heavy (non-hydrogen) atoms. The van der Waals surface area contributed by atoms with Gasteiger partial charge in [0, 0.05) is 0 Å². The molecule has 2 rings (SSSR count). The molecule has 0 saturated heterocycles. The van der Waals surface area contributed by atoms with Crippen LogP contribution in [0.1, 0.15) is 11.1 Å². The number of anilines is 1. The lowest BCUT2D eigenvalue weighted by atomic mass is 10.2. The third-order valence-corrected chi connectivity index (χ3v) is 4.24. The first kappa shape index (κ1) is 15.4. The highest BCUT2D eigenvalue weighted by Gasteiger charge is 2.20. The molecule has 0 spiro atoms. The maximum Gasteiger partial charge on any atom is 0.264 e. The first-order chi connectivity index (χ1) is 9.83. The highest BCUT2D eigenvalue weighted by Crippen LogP contribution is 2.22. The molecule has 2 aromatic rings. The van der Waals surface area contributed by atoms with Crippen LogP contribution in [0.2, 0.25) is 0 Å². The van der Waals surface area contributed by atoms with Crippen LogP contribution in [0.15, 0.2) is 41.3 Å². The maximum absolute atomic E-state index is 13.8. The van der Waals surface area contributed by atoms with E-state index in [0.717, 1.165) is 12.1 Å². The van der Waals surface area contributed by atoms with Crippen LogP contribution in [0.5, 0.6) is 0 Å². The van der Waals surface area contributed by atoms with Gasteiger partial charge in [-0.1, -0.05) is 12.1 Å². The average Bonchev–Trinajstić information content (AvgIpc) is 2.41. The Morgan fingerprint density at radius 1 is 1.10 bits per heavy atom. The standard InChI is InChI=1S/C14H13F2NO3S/c1-9-2-4-13(11(15)6-9)17-21(19,20)14-5-3-10(8-18)7-12(14)16/h2-7,17-18H,8H2,1H3. The van der Waals surface area contributed by atoms with E-state index in [-0.39, 0.29) is 11.3 Å². The first-order valence-electron chi connectivity index (χ1n) is 6.02. The van der Waals surface area contributed by atoms with Gasteiger partial charge in [0.05, 0.1) is 12.3 Å². The largest absolute Gasteiger partial charge is 0.392 e. The predicted octanol–water partition coefficient (Wildman–Crippen LogP) is 2.57. The average molecular weight is 313 g/mol. The smallest absolute Gasteiger partial charge is 0.264 e. The second-order valence-electron chi connectivity index (χ2n) is 4.51. The van der Waals surface area contributed by atoms with Gasteiger partial charge in [-0.2, -0.15) is 0 Å². The number of nitrogens with one attached hydrogen (secondary N) is 1. The zero-order valence-corrected chi connectivity index (χ0v) is 11.9. The van der Waals surface area contributed by atoms with Crippen LogP contribution in [-0.4, -0.2) is 13.5 Å². The number of sulfonamides is 1. The summed E-state index contributed by atoms with van der Waals surface area (Å²) in [5.74, 6) is -1.76. The van der Waals surface area contributed by atoms with E-state index in [9.17, 15) is 17.2 Å². The van der Waals surface area contributed by atoms with E-state index in [2.05, 4.69) is 0 Å². The van der Waals surface area contributed by atoms with Crippen molar-refractivity contribution in [2.24, 2.45) is 0 Å².